The zero-order valence-corrected chi connectivity index (χ0v) is 8.19. The summed E-state index contributed by atoms with van der Waals surface area (Å²) in [6, 6.07) is 1.92. The highest BCUT2D eigenvalue weighted by Crippen LogP contribution is 2.03. The highest BCUT2D eigenvalue weighted by atomic mass is 32.1. The lowest BCUT2D eigenvalue weighted by molar-refractivity contribution is -0.141. The first kappa shape index (κ1) is 9.82. The number of carbonyl (C=O) groups is 1. The molecule has 1 aromatic heterocycles. The van der Waals surface area contributed by atoms with Gasteiger partial charge in [-0.05, 0) is 18.4 Å². The van der Waals surface area contributed by atoms with Gasteiger partial charge in [-0.15, -0.1) is 0 Å². The fourth-order valence-electron chi connectivity index (χ4n) is 0.766. The summed E-state index contributed by atoms with van der Waals surface area (Å²) < 4.78 is 4.72. The summed E-state index contributed by atoms with van der Waals surface area (Å²) in [5.41, 5.74) is 0.953. The summed E-state index contributed by atoms with van der Waals surface area (Å²) in [7, 11) is 0. The SMILES string of the molecule is CCOC(=O)CC#Cc1ccsc1. The summed E-state index contributed by atoms with van der Waals surface area (Å²) in [4.78, 5) is 10.8. The van der Waals surface area contributed by atoms with E-state index in [-0.39, 0.29) is 12.4 Å². The first-order chi connectivity index (χ1) is 6.33. The van der Waals surface area contributed by atoms with Crippen LogP contribution in [0.2, 0.25) is 0 Å². The average Bonchev–Trinajstić information content (AvgIpc) is 2.57. The lowest BCUT2D eigenvalue weighted by atomic mass is 10.3. The van der Waals surface area contributed by atoms with Crippen molar-refractivity contribution in [1.29, 1.82) is 0 Å². The molecule has 1 heterocycles. The Morgan fingerprint density at radius 1 is 1.69 bits per heavy atom. The maximum absolute atomic E-state index is 10.8. The molecule has 0 aromatic carbocycles. The second kappa shape index (κ2) is 5.39. The van der Waals surface area contributed by atoms with E-state index in [1.165, 1.54) is 0 Å². The van der Waals surface area contributed by atoms with Crippen LogP contribution in [0, 0.1) is 11.8 Å². The lowest BCUT2D eigenvalue weighted by Crippen LogP contribution is -2.01. The molecule has 0 amide bonds. The number of carbonyl (C=O) groups excluding carboxylic acids is 1. The number of thiophene rings is 1. The second-order valence-corrected chi connectivity index (χ2v) is 3.08. The molecule has 0 fully saturated rings. The first-order valence-electron chi connectivity index (χ1n) is 3.99. The fraction of sp³-hybridized carbons (Fsp3) is 0.300. The van der Waals surface area contributed by atoms with Crippen LogP contribution >= 0.6 is 11.3 Å². The average molecular weight is 194 g/mol. The van der Waals surface area contributed by atoms with E-state index >= 15 is 0 Å². The van der Waals surface area contributed by atoms with Crippen molar-refractivity contribution in [2.45, 2.75) is 13.3 Å². The van der Waals surface area contributed by atoms with E-state index in [4.69, 9.17) is 4.74 Å². The standard InChI is InChI=1S/C10H10O2S/c1-2-12-10(11)5-3-4-9-6-7-13-8-9/h6-8H,2,5H2,1H3. The van der Waals surface area contributed by atoms with Crippen molar-refractivity contribution in [2.24, 2.45) is 0 Å². The Hall–Kier alpha value is -1.27. The van der Waals surface area contributed by atoms with E-state index in [1.807, 2.05) is 16.8 Å². The van der Waals surface area contributed by atoms with Crippen molar-refractivity contribution < 1.29 is 9.53 Å². The second-order valence-electron chi connectivity index (χ2n) is 2.30. The van der Waals surface area contributed by atoms with Crippen molar-refractivity contribution in [3.63, 3.8) is 0 Å². The molecule has 2 nitrogen and oxygen atoms in total. The van der Waals surface area contributed by atoms with E-state index in [0.717, 1.165) is 5.56 Å². The topological polar surface area (TPSA) is 26.3 Å². The largest absolute Gasteiger partial charge is 0.465 e. The molecule has 0 aliphatic rings. The predicted molar refractivity (Wildman–Crippen MR) is 52.4 cm³/mol. The van der Waals surface area contributed by atoms with E-state index < -0.39 is 0 Å². The Balaban J connectivity index is 2.37. The van der Waals surface area contributed by atoms with Crippen LogP contribution in [-0.2, 0) is 9.53 Å². The molecular formula is C10H10O2S. The minimum Gasteiger partial charge on any atom is -0.465 e. The smallest absolute Gasteiger partial charge is 0.317 e. The van der Waals surface area contributed by atoms with Crippen molar-refractivity contribution in [3.05, 3.63) is 22.4 Å². The Kier molecular flexibility index (Phi) is 4.07. The van der Waals surface area contributed by atoms with Crippen LogP contribution in [-0.4, -0.2) is 12.6 Å². The third-order valence-corrected chi connectivity index (χ3v) is 1.98. The van der Waals surface area contributed by atoms with Gasteiger partial charge in [0.25, 0.3) is 0 Å². The van der Waals surface area contributed by atoms with Gasteiger partial charge in [0, 0.05) is 10.9 Å². The molecule has 0 unspecified atom stereocenters. The summed E-state index contributed by atoms with van der Waals surface area (Å²) >= 11 is 1.59. The molecule has 0 N–H and O–H groups in total. The third-order valence-electron chi connectivity index (χ3n) is 1.29. The molecule has 0 aliphatic heterocycles. The van der Waals surface area contributed by atoms with Crippen LogP contribution in [0.3, 0.4) is 0 Å². The number of hydrogen-bond donors (Lipinski definition) is 0. The third kappa shape index (κ3) is 3.77. The molecule has 0 aliphatic carbocycles. The normalized spacial score (nSPS) is 8.69. The highest BCUT2D eigenvalue weighted by Gasteiger charge is 1.95. The molecule has 68 valence electrons. The van der Waals surface area contributed by atoms with Crippen molar-refractivity contribution in [2.75, 3.05) is 6.61 Å². The molecule has 1 rings (SSSR count). The fourth-order valence-corrected chi connectivity index (χ4v) is 1.35. The molecule has 0 atom stereocenters. The summed E-state index contributed by atoms with van der Waals surface area (Å²) in [5.74, 6) is 5.37. The van der Waals surface area contributed by atoms with E-state index in [9.17, 15) is 4.79 Å². The molecular weight excluding hydrogens is 184 g/mol. The summed E-state index contributed by atoms with van der Waals surface area (Å²) in [6.07, 6.45) is 0.170. The van der Waals surface area contributed by atoms with Gasteiger partial charge in [-0.25, -0.2) is 0 Å². The van der Waals surface area contributed by atoms with Crippen LogP contribution in [0.25, 0.3) is 0 Å². The minimum atomic E-state index is -0.259. The van der Waals surface area contributed by atoms with Crippen molar-refractivity contribution >= 4 is 17.3 Å². The molecule has 0 spiro atoms. The zero-order valence-electron chi connectivity index (χ0n) is 7.37. The molecule has 13 heavy (non-hydrogen) atoms. The molecule has 0 saturated carbocycles. The zero-order chi connectivity index (χ0) is 9.52. The summed E-state index contributed by atoms with van der Waals surface area (Å²) in [5, 5.41) is 3.90. The molecule has 1 aromatic rings. The van der Waals surface area contributed by atoms with Gasteiger partial charge < -0.3 is 4.74 Å². The maximum Gasteiger partial charge on any atom is 0.317 e. The van der Waals surface area contributed by atoms with Gasteiger partial charge in [-0.1, -0.05) is 11.8 Å². The van der Waals surface area contributed by atoms with Crippen LogP contribution in [0.5, 0.6) is 0 Å². The summed E-state index contributed by atoms with van der Waals surface area (Å²) in [6.45, 7) is 2.20. The minimum absolute atomic E-state index is 0.170. The van der Waals surface area contributed by atoms with Gasteiger partial charge in [-0.2, -0.15) is 11.3 Å². The van der Waals surface area contributed by atoms with Gasteiger partial charge >= 0.3 is 5.97 Å². The van der Waals surface area contributed by atoms with E-state index in [0.29, 0.717) is 6.61 Å². The number of rotatable bonds is 2. The molecule has 0 bridgehead atoms. The van der Waals surface area contributed by atoms with Crippen LogP contribution in [0.15, 0.2) is 16.8 Å². The van der Waals surface area contributed by atoms with Gasteiger partial charge in [0.1, 0.15) is 6.42 Å². The van der Waals surface area contributed by atoms with Crippen LogP contribution in [0.4, 0.5) is 0 Å². The van der Waals surface area contributed by atoms with Gasteiger partial charge in [0.15, 0.2) is 0 Å². The van der Waals surface area contributed by atoms with Gasteiger partial charge in [-0.3, -0.25) is 4.79 Å². The number of ether oxygens (including phenoxy) is 1. The molecule has 0 radical (unpaired) electrons. The number of esters is 1. The van der Waals surface area contributed by atoms with Gasteiger partial charge in [0.05, 0.1) is 6.61 Å². The predicted octanol–water partition coefficient (Wildman–Crippen LogP) is 2.05. The Labute approximate surface area is 81.5 Å². The maximum atomic E-state index is 10.8. The number of hydrogen-bond acceptors (Lipinski definition) is 3. The molecule has 0 saturated heterocycles. The Morgan fingerprint density at radius 2 is 2.54 bits per heavy atom. The van der Waals surface area contributed by atoms with E-state index in [1.54, 1.807) is 18.3 Å². The first-order valence-corrected chi connectivity index (χ1v) is 4.94. The highest BCUT2D eigenvalue weighted by molar-refractivity contribution is 7.08. The lowest BCUT2D eigenvalue weighted by Gasteiger charge is -1.94. The Morgan fingerprint density at radius 3 is 3.15 bits per heavy atom. The Bertz CT molecular complexity index is 316. The monoisotopic (exact) mass is 194 g/mol. The van der Waals surface area contributed by atoms with Crippen molar-refractivity contribution in [3.8, 4) is 11.8 Å². The van der Waals surface area contributed by atoms with Crippen molar-refractivity contribution in [1.82, 2.24) is 0 Å². The van der Waals surface area contributed by atoms with Gasteiger partial charge in [0.2, 0.25) is 0 Å². The van der Waals surface area contributed by atoms with Crippen LogP contribution in [0.1, 0.15) is 18.9 Å². The quantitative estimate of drug-likeness (QED) is 0.532. The molecule has 3 heteroatoms. The van der Waals surface area contributed by atoms with Crippen LogP contribution < -0.4 is 0 Å². The van der Waals surface area contributed by atoms with E-state index in [2.05, 4.69) is 11.8 Å².